The molecule has 1 aliphatic carbocycles. The molecule has 18 heavy (non-hydrogen) atoms. The highest BCUT2D eigenvalue weighted by Crippen LogP contribution is 2.21. The largest absolute Gasteiger partial charge is 0.458 e. The summed E-state index contributed by atoms with van der Waals surface area (Å²) in [5, 5.41) is 0. The fourth-order valence-corrected chi connectivity index (χ4v) is 1.73. The maximum atomic E-state index is 11.0. The van der Waals surface area contributed by atoms with Gasteiger partial charge in [-0.1, -0.05) is 0 Å². The molecule has 3 atom stereocenters. The van der Waals surface area contributed by atoms with Gasteiger partial charge in [-0.25, -0.2) is 0 Å². The van der Waals surface area contributed by atoms with Crippen molar-refractivity contribution >= 4 is 17.9 Å². The molecule has 1 rings (SSSR count). The molecule has 0 bridgehead atoms. The van der Waals surface area contributed by atoms with Crippen molar-refractivity contribution in [2.75, 3.05) is 0 Å². The third-order valence-electron chi connectivity index (χ3n) is 2.28. The van der Waals surface area contributed by atoms with Gasteiger partial charge >= 0.3 is 17.9 Å². The van der Waals surface area contributed by atoms with Crippen molar-refractivity contribution in [3.8, 4) is 0 Å². The number of carbonyl (C=O) groups is 3. The first-order valence-electron chi connectivity index (χ1n) is 5.58. The molecular weight excluding hydrogens is 240 g/mol. The second-order valence-corrected chi connectivity index (χ2v) is 3.99. The van der Waals surface area contributed by atoms with Gasteiger partial charge in [0.2, 0.25) is 0 Å². The Bertz CT molecular complexity index is 373. The number of ether oxygens (including phenoxy) is 3. The van der Waals surface area contributed by atoms with Crippen LogP contribution in [0.25, 0.3) is 0 Å². The average Bonchev–Trinajstić information content (AvgIpc) is 2.19. The molecule has 100 valence electrons. The molecule has 0 radical (unpaired) electrons. The van der Waals surface area contributed by atoms with E-state index in [0.29, 0.717) is 0 Å². The molecule has 0 aromatic heterocycles. The lowest BCUT2D eigenvalue weighted by molar-refractivity contribution is -0.166. The summed E-state index contributed by atoms with van der Waals surface area (Å²) in [4.78, 5) is 32.7. The van der Waals surface area contributed by atoms with Gasteiger partial charge in [0.1, 0.15) is 12.2 Å². The predicted molar refractivity (Wildman–Crippen MR) is 60.4 cm³/mol. The topological polar surface area (TPSA) is 78.9 Å². The monoisotopic (exact) mass is 256 g/mol. The number of hydrogen-bond acceptors (Lipinski definition) is 6. The molecule has 0 aromatic rings. The van der Waals surface area contributed by atoms with Gasteiger partial charge in [-0.2, -0.15) is 0 Å². The lowest BCUT2D eigenvalue weighted by Gasteiger charge is -2.30. The summed E-state index contributed by atoms with van der Waals surface area (Å²) < 4.78 is 15.1. The van der Waals surface area contributed by atoms with Crippen molar-refractivity contribution in [1.29, 1.82) is 0 Å². The third kappa shape index (κ3) is 4.57. The first-order chi connectivity index (χ1) is 8.38. The van der Waals surface area contributed by atoms with Gasteiger partial charge in [-0.15, -0.1) is 0 Å². The molecule has 0 amide bonds. The number of esters is 3. The second-order valence-electron chi connectivity index (χ2n) is 3.99. The van der Waals surface area contributed by atoms with E-state index in [1.807, 2.05) is 0 Å². The van der Waals surface area contributed by atoms with Gasteiger partial charge in [0.25, 0.3) is 0 Å². The minimum atomic E-state index is -0.641. The fourth-order valence-electron chi connectivity index (χ4n) is 1.73. The van der Waals surface area contributed by atoms with Crippen LogP contribution in [-0.2, 0) is 28.6 Å². The Morgan fingerprint density at radius 2 is 1.44 bits per heavy atom. The quantitative estimate of drug-likeness (QED) is 0.421. The van der Waals surface area contributed by atoms with Crippen LogP contribution < -0.4 is 0 Å². The lowest BCUT2D eigenvalue weighted by Crippen LogP contribution is -2.39. The molecule has 6 nitrogen and oxygen atoms in total. The molecule has 0 heterocycles. The van der Waals surface area contributed by atoms with Crippen LogP contribution in [0, 0.1) is 0 Å². The number of carbonyl (C=O) groups excluding carboxylic acids is 3. The first-order valence-corrected chi connectivity index (χ1v) is 5.58. The molecule has 0 aromatic carbocycles. The molecule has 0 N–H and O–H groups in total. The van der Waals surface area contributed by atoms with Gasteiger partial charge in [0.15, 0.2) is 6.10 Å². The molecule has 0 spiro atoms. The van der Waals surface area contributed by atoms with E-state index in [2.05, 4.69) is 0 Å². The van der Waals surface area contributed by atoms with Gasteiger partial charge in [-0.05, 0) is 12.2 Å². The maximum absolute atomic E-state index is 11.0. The fraction of sp³-hybridized carbons (Fsp3) is 0.583. The minimum Gasteiger partial charge on any atom is -0.458 e. The van der Waals surface area contributed by atoms with Gasteiger partial charge in [0.05, 0.1) is 0 Å². The van der Waals surface area contributed by atoms with E-state index in [1.165, 1.54) is 20.8 Å². The van der Waals surface area contributed by atoms with E-state index in [9.17, 15) is 14.4 Å². The smallest absolute Gasteiger partial charge is 0.303 e. The summed E-state index contributed by atoms with van der Waals surface area (Å²) in [6.45, 7) is 3.84. The van der Waals surface area contributed by atoms with Crippen LogP contribution in [0.1, 0.15) is 27.2 Å². The Morgan fingerprint density at radius 3 is 1.94 bits per heavy atom. The van der Waals surface area contributed by atoms with Crippen molar-refractivity contribution < 1.29 is 28.6 Å². The summed E-state index contributed by atoms with van der Waals surface area (Å²) in [7, 11) is 0. The van der Waals surface area contributed by atoms with Crippen LogP contribution in [-0.4, -0.2) is 36.2 Å². The van der Waals surface area contributed by atoms with E-state index in [4.69, 9.17) is 14.2 Å². The van der Waals surface area contributed by atoms with Gasteiger partial charge in [-0.3, -0.25) is 14.4 Å². The van der Waals surface area contributed by atoms with E-state index in [-0.39, 0.29) is 6.42 Å². The average molecular weight is 256 g/mol. The minimum absolute atomic E-state index is 0.271. The summed E-state index contributed by atoms with van der Waals surface area (Å²) in [5.41, 5.74) is 0. The van der Waals surface area contributed by atoms with E-state index < -0.39 is 36.2 Å². The molecule has 0 saturated heterocycles. The summed E-state index contributed by atoms with van der Waals surface area (Å²) in [5.74, 6) is -1.36. The number of hydrogen-bond donors (Lipinski definition) is 0. The Morgan fingerprint density at radius 1 is 0.889 bits per heavy atom. The Balaban J connectivity index is 2.73. The van der Waals surface area contributed by atoms with Crippen LogP contribution in [0.2, 0.25) is 0 Å². The number of rotatable bonds is 3. The van der Waals surface area contributed by atoms with Crippen LogP contribution in [0.4, 0.5) is 0 Å². The molecule has 0 unspecified atom stereocenters. The van der Waals surface area contributed by atoms with Crippen molar-refractivity contribution in [3.05, 3.63) is 12.2 Å². The Kier molecular flexibility index (Phi) is 4.88. The SMILES string of the molecule is CC(=O)O[C@H]1C=C[C@H](OC(C)=O)C[C@@H]1OC(C)=O. The van der Waals surface area contributed by atoms with E-state index in [1.54, 1.807) is 12.2 Å². The zero-order valence-corrected chi connectivity index (χ0v) is 10.5. The van der Waals surface area contributed by atoms with E-state index in [0.717, 1.165) is 0 Å². The van der Waals surface area contributed by atoms with Crippen molar-refractivity contribution in [2.45, 2.75) is 45.5 Å². The van der Waals surface area contributed by atoms with Crippen LogP contribution in [0.15, 0.2) is 12.2 Å². The molecule has 0 aliphatic heterocycles. The van der Waals surface area contributed by atoms with Crippen molar-refractivity contribution in [3.63, 3.8) is 0 Å². The zero-order valence-electron chi connectivity index (χ0n) is 10.5. The zero-order chi connectivity index (χ0) is 13.7. The third-order valence-corrected chi connectivity index (χ3v) is 2.28. The standard InChI is InChI=1S/C12H16O6/c1-7(13)16-10-4-5-11(17-8(2)14)12(6-10)18-9(3)15/h4-5,10-12H,6H2,1-3H3/t10-,11-,12-/m0/s1. The molecule has 0 fully saturated rings. The normalized spacial score (nSPS) is 26.3. The highest BCUT2D eigenvalue weighted by Gasteiger charge is 2.32. The molecule has 1 aliphatic rings. The lowest BCUT2D eigenvalue weighted by atomic mass is 9.99. The van der Waals surface area contributed by atoms with Crippen LogP contribution in [0.3, 0.4) is 0 Å². The highest BCUT2D eigenvalue weighted by molar-refractivity contribution is 5.68. The predicted octanol–water partition coefficient (Wildman–Crippen LogP) is 0.741. The molecule has 0 saturated carbocycles. The van der Waals surface area contributed by atoms with Crippen molar-refractivity contribution in [1.82, 2.24) is 0 Å². The summed E-state index contributed by atoms with van der Waals surface area (Å²) in [6, 6.07) is 0. The maximum Gasteiger partial charge on any atom is 0.303 e. The van der Waals surface area contributed by atoms with Gasteiger partial charge in [0, 0.05) is 27.2 Å². The first kappa shape index (κ1) is 14.2. The molecular formula is C12H16O6. The summed E-state index contributed by atoms with van der Waals surface area (Å²) >= 11 is 0. The van der Waals surface area contributed by atoms with Gasteiger partial charge < -0.3 is 14.2 Å². The van der Waals surface area contributed by atoms with Crippen molar-refractivity contribution in [2.24, 2.45) is 0 Å². The van der Waals surface area contributed by atoms with Crippen LogP contribution >= 0.6 is 0 Å². The van der Waals surface area contributed by atoms with Crippen LogP contribution in [0.5, 0.6) is 0 Å². The Labute approximate surface area is 105 Å². The Hall–Kier alpha value is -1.85. The van der Waals surface area contributed by atoms with E-state index >= 15 is 0 Å². The summed E-state index contributed by atoms with van der Waals surface area (Å²) in [6.07, 6.45) is 1.70. The molecule has 6 heteroatoms. The highest BCUT2D eigenvalue weighted by atomic mass is 16.6. The second kappa shape index (κ2) is 6.18.